The quantitative estimate of drug-likeness (QED) is 0.752. The van der Waals surface area contributed by atoms with Gasteiger partial charge in [0.2, 0.25) is 5.95 Å². The van der Waals surface area contributed by atoms with Crippen LogP contribution in [0, 0.1) is 18.6 Å². The Morgan fingerprint density at radius 2 is 1.72 bits per heavy atom. The molecule has 0 spiro atoms. The number of aromatic nitrogens is 2. The summed E-state index contributed by atoms with van der Waals surface area (Å²) in [6.07, 6.45) is 2.65. The first kappa shape index (κ1) is 16.5. The summed E-state index contributed by atoms with van der Waals surface area (Å²) in [5.41, 5.74) is 1.93. The molecule has 0 aliphatic heterocycles. The number of anilines is 3. The van der Waals surface area contributed by atoms with Gasteiger partial charge in [0.25, 0.3) is 5.91 Å². The van der Waals surface area contributed by atoms with Crippen molar-refractivity contribution in [1.29, 1.82) is 0 Å². The van der Waals surface area contributed by atoms with Crippen LogP contribution in [0.2, 0.25) is 0 Å². The van der Waals surface area contributed by atoms with E-state index in [1.165, 1.54) is 18.5 Å². The van der Waals surface area contributed by atoms with E-state index in [-0.39, 0.29) is 23.1 Å². The molecule has 0 aliphatic rings. The average molecular weight is 340 g/mol. The summed E-state index contributed by atoms with van der Waals surface area (Å²) in [4.78, 5) is 20.2. The van der Waals surface area contributed by atoms with Crippen molar-refractivity contribution in [2.45, 2.75) is 6.92 Å². The third kappa shape index (κ3) is 3.95. The second kappa shape index (κ2) is 7.04. The van der Waals surface area contributed by atoms with Gasteiger partial charge in [0.05, 0.1) is 11.3 Å². The first-order valence-corrected chi connectivity index (χ1v) is 7.44. The fourth-order valence-corrected chi connectivity index (χ4v) is 2.13. The molecule has 0 atom stereocenters. The first-order chi connectivity index (χ1) is 12.0. The number of benzene rings is 2. The van der Waals surface area contributed by atoms with Gasteiger partial charge < -0.3 is 10.6 Å². The number of hydrogen-bond acceptors (Lipinski definition) is 4. The number of rotatable bonds is 4. The third-order valence-electron chi connectivity index (χ3n) is 3.48. The van der Waals surface area contributed by atoms with Crippen molar-refractivity contribution in [2.24, 2.45) is 0 Å². The first-order valence-electron chi connectivity index (χ1n) is 7.44. The fraction of sp³-hybridized carbons (Fsp3) is 0.0556. The highest BCUT2D eigenvalue weighted by molar-refractivity contribution is 6.04. The SMILES string of the molecule is Cc1ccccc1NC(=O)c1cnc(Nc2ccc(F)cc2F)nc1. The Bertz CT molecular complexity index is 913. The maximum absolute atomic E-state index is 13.6. The zero-order valence-corrected chi connectivity index (χ0v) is 13.3. The second-order valence-electron chi connectivity index (χ2n) is 5.31. The molecule has 7 heteroatoms. The lowest BCUT2D eigenvalue weighted by atomic mass is 10.2. The van der Waals surface area contributed by atoms with E-state index in [2.05, 4.69) is 20.6 Å². The monoisotopic (exact) mass is 340 g/mol. The zero-order valence-electron chi connectivity index (χ0n) is 13.3. The van der Waals surface area contributed by atoms with Crippen LogP contribution in [0.5, 0.6) is 0 Å². The van der Waals surface area contributed by atoms with Gasteiger partial charge in [0, 0.05) is 24.1 Å². The van der Waals surface area contributed by atoms with Crippen molar-refractivity contribution >= 4 is 23.2 Å². The highest BCUT2D eigenvalue weighted by Gasteiger charge is 2.10. The Hall–Kier alpha value is -3.35. The Labute approximate surface area is 142 Å². The summed E-state index contributed by atoms with van der Waals surface area (Å²) < 4.78 is 26.5. The number of hydrogen-bond donors (Lipinski definition) is 2. The van der Waals surface area contributed by atoms with E-state index >= 15 is 0 Å². The molecule has 126 valence electrons. The Morgan fingerprint density at radius 3 is 2.40 bits per heavy atom. The number of nitrogens with one attached hydrogen (secondary N) is 2. The molecule has 0 radical (unpaired) electrons. The summed E-state index contributed by atoms with van der Waals surface area (Å²) >= 11 is 0. The summed E-state index contributed by atoms with van der Waals surface area (Å²) in [5, 5.41) is 5.40. The molecule has 0 saturated heterocycles. The van der Waals surface area contributed by atoms with E-state index in [0.29, 0.717) is 5.69 Å². The molecule has 25 heavy (non-hydrogen) atoms. The zero-order chi connectivity index (χ0) is 17.8. The molecule has 0 aliphatic carbocycles. The van der Waals surface area contributed by atoms with Gasteiger partial charge >= 0.3 is 0 Å². The molecule has 0 unspecified atom stereocenters. The second-order valence-corrected chi connectivity index (χ2v) is 5.31. The molecular weight excluding hydrogens is 326 g/mol. The molecule has 2 N–H and O–H groups in total. The molecule has 1 heterocycles. The number of nitrogens with zero attached hydrogens (tertiary/aromatic N) is 2. The van der Waals surface area contributed by atoms with Crippen molar-refractivity contribution < 1.29 is 13.6 Å². The average Bonchev–Trinajstić information content (AvgIpc) is 2.60. The van der Waals surface area contributed by atoms with Gasteiger partial charge in [-0.05, 0) is 30.7 Å². The maximum Gasteiger partial charge on any atom is 0.258 e. The van der Waals surface area contributed by atoms with Crippen LogP contribution >= 0.6 is 0 Å². The van der Waals surface area contributed by atoms with E-state index in [4.69, 9.17) is 0 Å². The normalized spacial score (nSPS) is 10.4. The van der Waals surface area contributed by atoms with Gasteiger partial charge in [-0.3, -0.25) is 4.79 Å². The molecule has 2 aromatic carbocycles. The standard InChI is InChI=1S/C18H14F2N4O/c1-11-4-2-3-5-15(11)23-17(25)12-9-21-18(22-10-12)24-16-7-6-13(19)8-14(16)20/h2-10H,1H3,(H,23,25)(H,21,22,24). The van der Waals surface area contributed by atoms with Crippen LogP contribution in [0.15, 0.2) is 54.9 Å². The fourth-order valence-electron chi connectivity index (χ4n) is 2.13. The molecular formula is C18H14F2N4O. The van der Waals surface area contributed by atoms with Crippen LogP contribution in [0.1, 0.15) is 15.9 Å². The number of carbonyl (C=O) groups excluding carboxylic acids is 1. The number of aryl methyl sites for hydroxylation is 1. The van der Waals surface area contributed by atoms with Gasteiger partial charge in [-0.15, -0.1) is 0 Å². The lowest BCUT2D eigenvalue weighted by molar-refractivity contribution is 0.102. The van der Waals surface area contributed by atoms with Crippen molar-refractivity contribution in [1.82, 2.24) is 9.97 Å². The molecule has 1 aromatic heterocycles. The van der Waals surface area contributed by atoms with Crippen molar-refractivity contribution in [3.63, 3.8) is 0 Å². The molecule has 0 saturated carbocycles. The molecule has 3 aromatic rings. The van der Waals surface area contributed by atoms with Crippen LogP contribution < -0.4 is 10.6 Å². The van der Waals surface area contributed by atoms with Gasteiger partial charge in [-0.2, -0.15) is 0 Å². The van der Waals surface area contributed by atoms with Crippen molar-refractivity contribution in [2.75, 3.05) is 10.6 Å². The van der Waals surface area contributed by atoms with Gasteiger partial charge in [0.1, 0.15) is 11.6 Å². The lowest BCUT2D eigenvalue weighted by Crippen LogP contribution is -2.13. The van der Waals surface area contributed by atoms with Crippen LogP contribution in [-0.2, 0) is 0 Å². The van der Waals surface area contributed by atoms with Crippen LogP contribution in [-0.4, -0.2) is 15.9 Å². The third-order valence-corrected chi connectivity index (χ3v) is 3.48. The Balaban J connectivity index is 1.71. The van der Waals surface area contributed by atoms with Gasteiger partial charge in [-0.25, -0.2) is 18.7 Å². The highest BCUT2D eigenvalue weighted by Crippen LogP contribution is 2.18. The van der Waals surface area contributed by atoms with Gasteiger partial charge in [-0.1, -0.05) is 18.2 Å². The Kier molecular flexibility index (Phi) is 4.65. The predicted molar refractivity (Wildman–Crippen MR) is 90.8 cm³/mol. The van der Waals surface area contributed by atoms with E-state index in [1.54, 1.807) is 6.07 Å². The largest absolute Gasteiger partial charge is 0.322 e. The van der Waals surface area contributed by atoms with Gasteiger partial charge in [0.15, 0.2) is 0 Å². The van der Waals surface area contributed by atoms with Crippen LogP contribution in [0.25, 0.3) is 0 Å². The summed E-state index contributed by atoms with van der Waals surface area (Å²) in [6.45, 7) is 1.89. The molecule has 3 rings (SSSR count). The molecule has 5 nitrogen and oxygen atoms in total. The summed E-state index contributed by atoms with van der Waals surface area (Å²) in [7, 11) is 0. The Morgan fingerprint density at radius 1 is 1.00 bits per heavy atom. The number of amides is 1. The minimum atomic E-state index is -0.759. The molecule has 1 amide bonds. The summed E-state index contributed by atoms with van der Waals surface area (Å²) in [5.74, 6) is -1.69. The topological polar surface area (TPSA) is 66.9 Å². The smallest absolute Gasteiger partial charge is 0.258 e. The van der Waals surface area contributed by atoms with Crippen LogP contribution in [0.3, 0.4) is 0 Å². The number of halogens is 2. The summed E-state index contributed by atoms with van der Waals surface area (Å²) in [6, 6.07) is 10.5. The van der Waals surface area contributed by atoms with Crippen LogP contribution in [0.4, 0.5) is 26.1 Å². The predicted octanol–water partition coefficient (Wildman–Crippen LogP) is 4.06. The minimum Gasteiger partial charge on any atom is -0.322 e. The molecule has 0 bridgehead atoms. The number of para-hydroxylation sites is 1. The molecule has 0 fully saturated rings. The highest BCUT2D eigenvalue weighted by atomic mass is 19.1. The van der Waals surface area contributed by atoms with E-state index in [1.807, 2.05) is 25.1 Å². The van der Waals surface area contributed by atoms with E-state index in [9.17, 15) is 13.6 Å². The van der Waals surface area contributed by atoms with E-state index in [0.717, 1.165) is 17.7 Å². The van der Waals surface area contributed by atoms with Crippen molar-refractivity contribution in [3.05, 3.63) is 77.6 Å². The number of carbonyl (C=O) groups is 1. The lowest BCUT2D eigenvalue weighted by Gasteiger charge is -2.09. The van der Waals surface area contributed by atoms with E-state index < -0.39 is 11.6 Å². The minimum absolute atomic E-state index is 0.0403. The maximum atomic E-state index is 13.6. The van der Waals surface area contributed by atoms with Crippen molar-refractivity contribution in [3.8, 4) is 0 Å².